The van der Waals surface area contributed by atoms with Gasteiger partial charge in [0.25, 0.3) is 6.20 Å². The molecule has 4 aromatic rings. The van der Waals surface area contributed by atoms with E-state index in [0.29, 0.717) is 0 Å². The second kappa shape index (κ2) is 8.24. The number of nitrogens with one attached hydrogen (secondary N) is 1. The van der Waals surface area contributed by atoms with Crippen molar-refractivity contribution in [3.05, 3.63) is 119 Å². The van der Waals surface area contributed by atoms with Crippen LogP contribution in [0.2, 0.25) is 0 Å². The van der Waals surface area contributed by atoms with Crippen LogP contribution in [0.25, 0.3) is 11.1 Å². The smallest absolute Gasteiger partial charge is 0.281 e. The molecule has 38 heavy (non-hydrogen) atoms. The Kier molecular flexibility index (Phi) is 5.28. The molecule has 1 aliphatic carbocycles. The standard InChI is InChI=1S/C34H36N4/c1-32(2,3)23-11-13-27-28-14-12-24(33(4,5)6)21-30(28)34(29(27)20-23,31-15-16-35-36-31)25-9-8-10-26(19-25)38-18-17-37(7)22-38/h8-21H,1-7H3,(H,35,36)/q+2. The molecule has 0 atom stereocenters. The summed E-state index contributed by atoms with van der Waals surface area (Å²) in [6, 6.07) is 28.5. The first kappa shape index (κ1) is 24.3. The number of aromatic amines is 1. The van der Waals surface area contributed by atoms with Crippen LogP contribution in [0.1, 0.15) is 75.1 Å². The second-order valence-corrected chi connectivity index (χ2v) is 12.7. The molecule has 0 radical (unpaired) electrons. The summed E-state index contributed by atoms with van der Waals surface area (Å²) in [6.07, 6.45) is 5.94. The molecule has 0 amide bonds. The van der Waals surface area contributed by atoms with Crippen molar-refractivity contribution in [2.45, 2.75) is 57.8 Å². The normalized spacial score (nSPS) is 15.8. The SMILES string of the molecule is C[N+]1=C=[N+](c2cccc(C3(c4ccn[nH]4)c4cc(C(C)(C)C)ccc4-c4ccc(C(C)(C)C)cc43)c2)C=C1. The monoisotopic (exact) mass is 500 g/mol. The van der Waals surface area contributed by atoms with Gasteiger partial charge in [-0.3, -0.25) is 5.10 Å². The molecular weight excluding hydrogens is 464 g/mol. The maximum Gasteiger partial charge on any atom is 0.495 e. The second-order valence-electron chi connectivity index (χ2n) is 12.7. The van der Waals surface area contributed by atoms with Gasteiger partial charge in [-0.2, -0.15) is 5.10 Å². The van der Waals surface area contributed by atoms with E-state index < -0.39 is 5.41 Å². The largest absolute Gasteiger partial charge is 0.495 e. The summed E-state index contributed by atoms with van der Waals surface area (Å²) >= 11 is 0. The van der Waals surface area contributed by atoms with Crippen molar-refractivity contribution in [2.75, 3.05) is 7.05 Å². The van der Waals surface area contributed by atoms with Gasteiger partial charge in [0.05, 0.1) is 11.1 Å². The van der Waals surface area contributed by atoms with E-state index >= 15 is 0 Å². The summed E-state index contributed by atoms with van der Waals surface area (Å²) in [5, 5.41) is 7.88. The molecule has 1 aliphatic heterocycles. The van der Waals surface area contributed by atoms with Crippen LogP contribution in [-0.4, -0.2) is 32.4 Å². The molecule has 0 fully saturated rings. The van der Waals surface area contributed by atoms with Crippen LogP contribution >= 0.6 is 0 Å². The van der Waals surface area contributed by atoms with E-state index in [1.165, 1.54) is 38.9 Å². The molecule has 1 N–H and O–H groups in total. The highest BCUT2D eigenvalue weighted by atomic mass is 15.1. The predicted octanol–water partition coefficient (Wildman–Crippen LogP) is 7.31. The first-order valence-corrected chi connectivity index (χ1v) is 13.4. The van der Waals surface area contributed by atoms with Gasteiger partial charge in [-0.05, 0) is 55.8 Å². The fourth-order valence-electron chi connectivity index (χ4n) is 5.91. The Morgan fingerprint density at radius 3 is 1.89 bits per heavy atom. The van der Waals surface area contributed by atoms with Gasteiger partial charge in [-0.1, -0.05) is 99.2 Å². The van der Waals surface area contributed by atoms with Gasteiger partial charge in [0.2, 0.25) is 11.9 Å². The van der Waals surface area contributed by atoms with E-state index in [9.17, 15) is 0 Å². The third-order valence-electron chi connectivity index (χ3n) is 8.04. The Bertz CT molecular complexity index is 1600. The van der Waals surface area contributed by atoms with Gasteiger partial charge in [-0.25, -0.2) is 0 Å². The number of H-pyrrole nitrogens is 1. The van der Waals surface area contributed by atoms with Crippen LogP contribution in [0, 0.1) is 0 Å². The summed E-state index contributed by atoms with van der Waals surface area (Å²) in [5.74, 6) is 0. The van der Waals surface area contributed by atoms with Crippen molar-refractivity contribution < 1.29 is 9.15 Å². The molecule has 3 aromatic carbocycles. The highest BCUT2D eigenvalue weighted by Gasteiger charge is 2.48. The first-order valence-electron chi connectivity index (χ1n) is 13.4. The lowest BCUT2D eigenvalue weighted by Gasteiger charge is -2.33. The van der Waals surface area contributed by atoms with Gasteiger partial charge in [0, 0.05) is 18.3 Å². The van der Waals surface area contributed by atoms with Crippen LogP contribution < -0.4 is 0 Å². The zero-order chi connectivity index (χ0) is 26.9. The average Bonchev–Trinajstić information content (AvgIpc) is 3.61. The zero-order valence-electron chi connectivity index (χ0n) is 23.4. The lowest BCUT2D eigenvalue weighted by molar-refractivity contribution is -0.429. The summed E-state index contributed by atoms with van der Waals surface area (Å²) in [4.78, 5) is 0. The van der Waals surface area contributed by atoms with Crippen LogP contribution in [0.15, 0.2) is 85.3 Å². The third kappa shape index (κ3) is 3.63. The minimum atomic E-state index is -0.533. The maximum atomic E-state index is 4.47. The fraction of sp³-hybridized carbons (Fsp3) is 0.294. The van der Waals surface area contributed by atoms with Crippen molar-refractivity contribution in [3.63, 3.8) is 0 Å². The molecule has 4 nitrogen and oxygen atoms in total. The molecule has 2 heterocycles. The highest BCUT2D eigenvalue weighted by molar-refractivity contribution is 5.86. The van der Waals surface area contributed by atoms with Gasteiger partial charge >= 0.3 is 6.01 Å². The molecule has 0 saturated heterocycles. The molecule has 4 heteroatoms. The molecule has 190 valence electrons. The fourth-order valence-corrected chi connectivity index (χ4v) is 5.91. The zero-order valence-corrected chi connectivity index (χ0v) is 23.4. The van der Waals surface area contributed by atoms with E-state index in [2.05, 4.69) is 129 Å². The number of rotatable bonds is 3. The number of fused-ring (bicyclic) bond motifs is 3. The van der Waals surface area contributed by atoms with Crippen molar-refractivity contribution in [1.82, 2.24) is 10.2 Å². The van der Waals surface area contributed by atoms with Crippen LogP contribution in [0.5, 0.6) is 0 Å². The minimum absolute atomic E-state index is 0.0246. The Morgan fingerprint density at radius 2 is 1.39 bits per heavy atom. The van der Waals surface area contributed by atoms with Crippen molar-refractivity contribution in [2.24, 2.45) is 0 Å². The average molecular weight is 501 g/mol. The van der Waals surface area contributed by atoms with Crippen molar-refractivity contribution in [1.29, 1.82) is 0 Å². The van der Waals surface area contributed by atoms with Crippen LogP contribution in [0.4, 0.5) is 5.69 Å². The van der Waals surface area contributed by atoms with Gasteiger partial charge in [0.1, 0.15) is 0 Å². The molecule has 2 aliphatic rings. The number of nitrogens with zero attached hydrogens (tertiary/aromatic N) is 3. The number of hydrogen-bond donors (Lipinski definition) is 1. The first-order chi connectivity index (χ1) is 18.0. The summed E-state index contributed by atoms with van der Waals surface area (Å²) in [6.45, 7) is 13.7. The molecular formula is C34H36N4+2. The van der Waals surface area contributed by atoms with Gasteiger partial charge < -0.3 is 0 Å². The van der Waals surface area contributed by atoms with E-state index in [0.717, 1.165) is 11.4 Å². The Morgan fingerprint density at radius 1 is 0.763 bits per heavy atom. The van der Waals surface area contributed by atoms with Gasteiger partial charge in [-0.15, -0.1) is 0 Å². The van der Waals surface area contributed by atoms with Crippen molar-refractivity contribution >= 4 is 11.7 Å². The number of hydrogen-bond acceptors (Lipinski definition) is 1. The predicted molar refractivity (Wildman–Crippen MR) is 154 cm³/mol. The third-order valence-corrected chi connectivity index (χ3v) is 8.04. The number of benzene rings is 3. The van der Waals surface area contributed by atoms with Crippen LogP contribution in [0.3, 0.4) is 0 Å². The number of aromatic nitrogens is 2. The lowest BCUT2D eigenvalue weighted by atomic mass is 9.68. The Labute approximate surface area is 225 Å². The van der Waals surface area contributed by atoms with Crippen LogP contribution in [-0.2, 0) is 16.2 Å². The van der Waals surface area contributed by atoms with E-state index in [4.69, 9.17) is 0 Å². The molecule has 6 rings (SSSR count). The van der Waals surface area contributed by atoms with Crippen molar-refractivity contribution in [3.8, 4) is 11.1 Å². The Hall–Kier alpha value is -4.01. The quantitative estimate of drug-likeness (QED) is 0.259. The highest BCUT2D eigenvalue weighted by Crippen LogP contribution is 2.57. The molecule has 0 unspecified atom stereocenters. The van der Waals surface area contributed by atoms with E-state index in [-0.39, 0.29) is 10.8 Å². The minimum Gasteiger partial charge on any atom is -0.281 e. The summed E-state index contributed by atoms with van der Waals surface area (Å²) in [7, 11) is 2.00. The van der Waals surface area contributed by atoms with E-state index in [1.807, 2.05) is 30.2 Å². The molecule has 0 spiro atoms. The van der Waals surface area contributed by atoms with Gasteiger partial charge in [0.15, 0.2) is 7.05 Å². The maximum absolute atomic E-state index is 4.47. The summed E-state index contributed by atoms with van der Waals surface area (Å²) in [5.41, 5.74) is 10.7. The topological polar surface area (TPSA) is 34.7 Å². The lowest BCUT2D eigenvalue weighted by Crippen LogP contribution is -2.30. The molecule has 0 saturated carbocycles. The Balaban J connectivity index is 1.74. The van der Waals surface area contributed by atoms with E-state index in [1.54, 1.807) is 0 Å². The summed E-state index contributed by atoms with van der Waals surface area (Å²) < 4.78 is 4.00. The molecule has 1 aromatic heterocycles. The molecule has 0 bridgehead atoms.